The van der Waals surface area contributed by atoms with Crippen LogP contribution in [0.3, 0.4) is 0 Å². The molecule has 9 rings (SSSR count). The van der Waals surface area contributed by atoms with Gasteiger partial charge in [-0.05, 0) is 73.3 Å². The highest BCUT2D eigenvalue weighted by Crippen LogP contribution is 2.59. The minimum absolute atomic E-state index is 0.00686. The number of hydrogen-bond acceptors (Lipinski definition) is 8. The fraction of sp³-hybridized carbons (Fsp3) is 0.467. The van der Waals surface area contributed by atoms with Gasteiger partial charge in [0.2, 0.25) is 23.6 Å². The van der Waals surface area contributed by atoms with Gasteiger partial charge in [-0.1, -0.05) is 78.4 Å². The van der Waals surface area contributed by atoms with Crippen LogP contribution in [0.5, 0.6) is 11.5 Å². The number of likely N-dealkylation sites (tertiary alicyclic amines) is 4. The summed E-state index contributed by atoms with van der Waals surface area (Å²) >= 11 is 0. The minimum atomic E-state index is -0.625. The van der Waals surface area contributed by atoms with Crippen LogP contribution in [0.15, 0.2) is 90.5 Å². The Bertz CT molecular complexity index is 1990. The summed E-state index contributed by atoms with van der Waals surface area (Å²) in [7, 11) is 1.50. The van der Waals surface area contributed by atoms with E-state index in [1.165, 1.54) is 18.2 Å². The van der Waals surface area contributed by atoms with Crippen molar-refractivity contribution in [2.75, 3.05) is 33.3 Å². The second-order valence-corrected chi connectivity index (χ2v) is 16.5. The Balaban J connectivity index is 0.973. The monoisotopic (exact) mass is 742 g/mol. The van der Waals surface area contributed by atoms with Gasteiger partial charge in [-0.15, -0.1) is 0 Å². The van der Waals surface area contributed by atoms with E-state index < -0.39 is 29.6 Å². The Morgan fingerprint density at radius 3 is 1.71 bits per heavy atom. The number of aromatic hydroxyl groups is 1. The Labute approximate surface area is 322 Å². The van der Waals surface area contributed by atoms with Gasteiger partial charge in [0.1, 0.15) is 0 Å². The van der Waals surface area contributed by atoms with Gasteiger partial charge in [-0.3, -0.25) is 38.8 Å². The lowest BCUT2D eigenvalue weighted by atomic mass is 9.57. The Kier molecular flexibility index (Phi) is 9.58. The van der Waals surface area contributed by atoms with Crippen molar-refractivity contribution >= 4 is 23.6 Å². The highest BCUT2D eigenvalue weighted by molar-refractivity contribution is 6.08. The number of fused-ring (bicyclic) bond motifs is 4. The molecular formula is C45H50N4O6. The van der Waals surface area contributed by atoms with Crippen molar-refractivity contribution in [3.63, 3.8) is 0 Å². The van der Waals surface area contributed by atoms with Crippen molar-refractivity contribution in [1.82, 2.24) is 19.6 Å². The van der Waals surface area contributed by atoms with E-state index >= 15 is 0 Å². The van der Waals surface area contributed by atoms with E-state index in [0.717, 1.165) is 63.2 Å². The first-order valence-electron chi connectivity index (χ1n) is 20.1. The molecule has 4 saturated heterocycles. The first kappa shape index (κ1) is 35.9. The number of carbonyl (C=O) groups excluding carboxylic acids is 4. The molecule has 0 aromatic heterocycles. The maximum Gasteiger partial charge on any atom is 0.234 e. The van der Waals surface area contributed by atoms with Crippen LogP contribution in [0.1, 0.15) is 61.1 Å². The highest BCUT2D eigenvalue weighted by atomic mass is 16.5. The quantitative estimate of drug-likeness (QED) is 0.243. The summed E-state index contributed by atoms with van der Waals surface area (Å²) in [5, 5.41) is 10.5. The van der Waals surface area contributed by atoms with Gasteiger partial charge < -0.3 is 9.84 Å². The lowest BCUT2D eigenvalue weighted by molar-refractivity contribution is -0.146. The second kappa shape index (κ2) is 14.7. The van der Waals surface area contributed by atoms with Gasteiger partial charge >= 0.3 is 0 Å². The fourth-order valence-corrected chi connectivity index (χ4v) is 11.0. The predicted molar refractivity (Wildman–Crippen MR) is 205 cm³/mol. The number of methoxy groups -OCH3 is 1. The molecule has 0 spiro atoms. The molecule has 4 aliphatic heterocycles. The topological polar surface area (TPSA) is 111 Å². The van der Waals surface area contributed by atoms with Gasteiger partial charge in [0, 0.05) is 57.3 Å². The van der Waals surface area contributed by atoms with E-state index in [1.807, 2.05) is 42.5 Å². The first-order chi connectivity index (χ1) is 26.8. The Morgan fingerprint density at radius 2 is 1.16 bits per heavy atom. The van der Waals surface area contributed by atoms with Crippen LogP contribution in [0, 0.1) is 29.6 Å². The SMILES string of the molecule is COc1cc([C@H]2C3=CC[C@@H]4C(=O)N(C5CCN(Cc6ccccc6)CC5)C(=O)[C@@H]4[C@@H]3C[C@H]3C(=O)N(C4CCN(Cc5ccccc5)CC4)C(=O)[C@@H]23)ccc1O. The number of carbonyl (C=O) groups is 4. The minimum Gasteiger partial charge on any atom is -0.504 e. The smallest absolute Gasteiger partial charge is 0.234 e. The molecule has 6 atom stereocenters. The molecule has 4 amide bonds. The number of amides is 4. The Morgan fingerprint density at radius 1 is 0.636 bits per heavy atom. The summed E-state index contributed by atoms with van der Waals surface area (Å²) in [5.74, 6) is -3.27. The molecule has 10 nitrogen and oxygen atoms in total. The van der Waals surface area contributed by atoms with Crippen molar-refractivity contribution in [2.24, 2.45) is 29.6 Å². The van der Waals surface area contributed by atoms with Gasteiger partial charge in [-0.2, -0.15) is 0 Å². The molecule has 3 aromatic rings. The maximum absolute atomic E-state index is 14.7. The molecule has 55 heavy (non-hydrogen) atoms. The number of hydrogen-bond donors (Lipinski definition) is 1. The average Bonchev–Trinajstić information content (AvgIpc) is 3.62. The molecule has 0 bridgehead atoms. The van der Waals surface area contributed by atoms with Crippen LogP contribution in [-0.4, -0.2) is 93.7 Å². The average molecular weight is 743 g/mol. The molecule has 1 N–H and O–H groups in total. The van der Waals surface area contributed by atoms with E-state index in [9.17, 15) is 24.3 Å². The zero-order valence-corrected chi connectivity index (χ0v) is 31.5. The van der Waals surface area contributed by atoms with Crippen molar-refractivity contribution in [2.45, 2.75) is 69.6 Å². The molecule has 286 valence electrons. The van der Waals surface area contributed by atoms with Crippen molar-refractivity contribution in [3.05, 3.63) is 107 Å². The number of piperidine rings is 2. The number of rotatable bonds is 8. The van der Waals surface area contributed by atoms with Crippen molar-refractivity contribution < 1.29 is 29.0 Å². The molecule has 10 heteroatoms. The molecular weight excluding hydrogens is 693 g/mol. The molecule has 0 radical (unpaired) electrons. The van der Waals surface area contributed by atoms with E-state index in [0.29, 0.717) is 31.4 Å². The van der Waals surface area contributed by atoms with Crippen LogP contribution < -0.4 is 4.74 Å². The van der Waals surface area contributed by atoms with Crippen molar-refractivity contribution in [1.29, 1.82) is 0 Å². The van der Waals surface area contributed by atoms with E-state index in [2.05, 4.69) is 40.1 Å². The summed E-state index contributed by atoms with van der Waals surface area (Å²) in [6.45, 7) is 4.88. The zero-order chi connectivity index (χ0) is 37.8. The Hall–Kier alpha value is -4.80. The lowest BCUT2D eigenvalue weighted by Gasteiger charge is -2.44. The highest BCUT2D eigenvalue weighted by Gasteiger charge is 2.63. The second-order valence-electron chi connectivity index (χ2n) is 16.5. The zero-order valence-electron chi connectivity index (χ0n) is 31.5. The largest absolute Gasteiger partial charge is 0.504 e. The predicted octanol–water partition coefficient (Wildman–Crippen LogP) is 5.37. The summed E-state index contributed by atoms with van der Waals surface area (Å²) in [6.07, 6.45) is 5.81. The fourth-order valence-electron chi connectivity index (χ4n) is 11.0. The third-order valence-electron chi connectivity index (χ3n) is 13.6. The normalized spacial score (nSPS) is 29.3. The molecule has 3 aromatic carbocycles. The molecule has 6 aliphatic rings. The number of allylic oxidation sites excluding steroid dienone is 2. The van der Waals surface area contributed by atoms with Gasteiger partial charge in [0.15, 0.2) is 11.5 Å². The van der Waals surface area contributed by atoms with Crippen LogP contribution in [0.25, 0.3) is 0 Å². The van der Waals surface area contributed by atoms with Gasteiger partial charge in [-0.25, -0.2) is 0 Å². The number of phenols is 1. The van der Waals surface area contributed by atoms with E-state index in [-0.39, 0.29) is 47.4 Å². The summed E-state index contributed by atoms with van der Waals surface area (Å²) in [4.78, 5) is 66.1. The van der Waals surface area contributed by atoms with Gasteiger partial charge in [0.25, 0.3) is 0 Å². The van der Waals surface area contributed by atoms with Gasteiger partial charge in [0.05, 0.1) is 30.8 Å². The van der Waals surface area contributed by atoms with E-state index in [4.69, 9.17) is 4.74 Å². The third kappa shape index (κ3) is 6.37. The maximum atomic E-state index is 14.7. The first-order valence-corrected chi connectivity index (χ1v) is 20.1. The van der Waals surface area contributed by atoms with Crippen LogP contribution >= 0.6 is 0 Å². The number of phenolic OH excluding ortho intramolecular Hbond substituents is 1. The summed E-state index contributed by atoms with van der Waals surface area (Å²) < 4.78 is 5.52. The lowest BCUT2D eigenvalue weighted by Crippen LogP contribution is -2.48. The summed E-state index contributed by atoms with van der Waals surface area (Å²) in [6, 6.07) is 25.6. The van der Waals surface area contributed by atoms with Crippen molar-refractivity contribution in [3.8, 4) is 11.5 Å². The molecule has 5 fully saturated rings. The molecule has 2 aliphatic carbocycles. The molecule has 0 unspecified atom stereocenters. The van der Waals surface area contributed by atoms with E-state index in [1.54, 1.807) is 21.9 Å². The van der Waals surface area contributed by atoms with Crippen LogP contribution in [0.4, 0.5) is 0 Å². The third-order valence-corrected chi connectivity index (χ3v) is 13.6. The summed E-state index contributed by atoms with van der Waals surface area (Å²) in [5.41, 5.74) is 4.24. The number of ether oxygens (including phenoxy) is 1. The van der Waals surface area contributed by atoms with Crippen LogP contribution in [-0.2, 0) is 32.3 Å². The number of imide groups is 2. The molecule has 4 heterocycles. The number of nitrogens with zero attached hydrogens (tertiary/aromatic N) is 4. The number of benzene rings is 3. The van der Waals surface area contributed by atoms with Crippen LogP contribution in [0.2, 0.25) is 0 Å². The standard InChI is InChI=1S/C45H50N4O6/c1-55-38-24-30(12-15-37(38)50)39-33-13-14-34-40(44(53)48(42(34)51)31-16-20-46(21-17-31)26-28-8-4-2-5-9-28)35(33)25-36-41(39)45(54)49(43(36)52)32-18-22-47(23-19-32)27-29-10-6-3-7-11-29/h2-13,15,24,31-32,34-36,39-41,50H,14,16-23,25-27H2,1H3/t34-,35+,36+,39-,40-,41+/m0/s1. The molecule has 1 saturated carbocycles.